The van der Waals surface area contributed by atoms with Crippen LogP contribution in [-0.4, -0.2) is 24.7 Å². The molecule has 78 valence electrons. The highest BCUT2D eigenvalue weighted by atomic mass is 32.1. The zero-order chi connectivity index (χ0) is 10.3. The summed E-state index contributed by atoms with van der Waals surface area (Å²) in [4.78, 5) is 2.25. The minimum atomic E-state index is -4.16. The van der Waals surface area contributed by atoms with Crippen LogP contribution in [0.5, 0.6) is 0 Å². The summed E-state index contributed by atoms with van der Waals surface area (Å²) in [6.45, 7) is 0.484. The van der Waals surface area contributed by atoms with Gasteiger partial charge in [0.05, 0.1) is 0 Å². The fourth-order valence-corrected chi connectivity index (χ4v) is 2.77. The van der Waals surface area contributed by atoms with E-state index in [2.05, 4.69) is 0 Å². The minimum Gasteiger partial charge on any atom is -0.291 e. The molecule has 0 aromatic carbocycles. The lowest BCUT2D eigenvalue weighted by atomic mass is 10.0. The number of thiophene rings is 1. The fourth-order valence-electron chi connectivity index (χ4n) is 1.87. The lowest BCUT2D eigenvalue weighted by Gasteiger charge is -2.33. The lowest BCUT2D eigenvalue weighted by Crippen LogP contribution is -2.40. The largest absolute Gasteiger partial charge is 0.408 e. The van der Waals surface area contributed by atoms with Crippen molar-refractivity contribution < 1.29 is 13.2 Å². The first-order valence-electron chi connectivity index (χ1n) is 4.33. The molecule has 2 heterocycles. The van der Waals surface area contributed by atoms with Gasteiger partial charge in [0.2, 0.25) is 0 Å². The van der Waals surface area contributed by atoms with Gasteiger partial charge in [-0.05, 0) is 30.5 Å². The van der Waals surface area contributed by atoms with Crippen LogP contribution in [0.2, 0.25) is 0 Å². The number of fused-ring (bicyclic) bond motifs is 1. The van der Waals surface area contributed by atoms with Crippen molar-refractivity contribution in [2.24, 2.45) is 0 Å². The normalized spacial score (nSPS) is 23.6. The molecule has 0 saturated carbocycles. The average molecular weight is 221 g/mol. The Morgan fingerprint density at radius 2 is 2.21 bits per heavy atom. The SMILES string of the molecule is CN1CCc2sccc2C1C(F)(F)F. The molecule has 1 aliphatic rings. The summed E-state index contributed by atoms with van der Waals surface area (Å²) in [7, 11) is 1.53. The molecule has 0 bridgehead atoms. The van der Waals surface area contributed by atoms with Gasteiger partial charge in [-0.1, -0.05) is 0 Å². The molecule has 14 heavy (non-hydrogen) atoms. The first kappa shape index (κ1) is 9.98. The Balaban J connectivity index is 2.41. The monoisotopic (exact) mass is 221 g/mol. The van der Waals surface area contributed by atoms with E-state index in [0.29, 0.717) is 12.1 Å². The maximum atomic E-state index is 12.7. The molecule has 1 atom stereocenters. The van der Waals surface area contributed by atoms with Gasteiger partial charge in [0.1, 0.15) is 6.04 Å². The number of rotatable bonds is 0. The topological polar surface area (TPSA) is 3.24 Å². The van der Waals surface area contributed by atoms with Gasteiger partial charge in [-0.3, -0.25) is 4.90 Å². The van der Waals surface area contributed by atoms with Gasteiger partial charge < -0.3 is 0 Å². The van der Waals surface area contributed by atoms with Gasteiger partial charge >= 0.3 is 6.18 Å². The molecule has 0 fully saturated rings. The second-order valence-corrected chi connectivity index (χ2v) is 4.47. The van der Waals surface area contributed by atoms with Crippen LogP contribution in [0.1, 0.15) is 16.5 Å². The van der Waals surface area contributed by atoms with Crippen LogP contribution in [0.15, 0.2) is 11.4 Å². The molecule has 0 saturated heterocycles. The summed E-state index contributed by atoms with van der Waals surface area (Å²) < 4.78 is 38.1. The molecule has 2 rings (SSSR count). The molecule has 1 aromatic heterocycles. The Bertz CT molecular complexity index is 331. The molecule has 0 radical (unpaired) electrons. The van der Waals surface area contributed by atoms with Gasteiger partial charge in [0.15, 0.2) is 0 Å². The van der Waals surface area contributed by atoms with E-state index >= 15 is 0 Å². The highest BCUT2D eigenvalue weighted by molar-refractivity contribution is 7.10. The summed E-state index contributed by atoms with van der Waals surface area (Å²) in [5.74, 6) is 0. The van der Waals surface area contributed by atoms with E-state index in [9.17, 15) is 13.2 Å². The zero-order valence-corrected chi connectivity index (χ0v) is 8.45. The van der Waals surface area contributed by atoms with Crippen molar-refractivity contribution in [3.8, 4) is 0 Å². The third-order valence-electron chi connectivity index (χ3n) is 2.52. The highest BCUT2D eigenvalue weighted by Gasteiger charge is 2.46. The first-order valence-corrected chi connectivity index (χ1v) is 5.21. The lowest BCUT2D eigenvalue weighted by molar-refractivity contribution is -0.184. The van der Waals surface area contributed by atoms with Crippen molar-refractivity contribution in [3.05, 3.63) is 21.9 Å². The van der Waals surface area contributed by atoms with E-state index in [1.165, 1.54) is 23.3 Å². The Morgan fingerprint density at radius 3 is 2.86 bits per heavy atom. The van der Waals surface area contributed by atoms with Crippen LogP contribution in [0.3, 0.4) is 0 Å². The molecule has 0 N–H and O–H groups in total. The van der Waals surface area contributed by atoms with Crippen molar-refractivity contribution >= 4 is 11.3 Å². The molecular formula is C9H10F3NS. The summed E-state index contributed by atoms with van der Waals surface area (Å²) in [5.41, 5.74) is 0.441. The summed E-state index contributed by atoms with van der Waals surface area (Å²) in [6.07, 6.45) is -3.43. The standard InChI is InChI=1S/C9H10F3NS/c1-13-4-2-7-6(3-5-14-7)8(13)9(10,11)12/h3,5,8H,2,4H2,1H3. The molecule has 0 amide bonds. The fraction of sp³-hybridized carbons (Fsp3) is 0.556. The van der Waals surface area contributed by atoms with E-state index in [1.54, 1.807) is 11.4 Å². The summed E-state index contributed by atoms with van der Waals surface area (Å²) >= 11 is 1.42. The predicted molar refractivity (Wildman–Crippen MR) is 49.4 cm³/mol. The van der Waals surface area contributed by atoms with Crippen molar-refractivity contribution in [1.82, 2.24) is 4.90 Å². The third kappa shape index (κ3) is 1.54. The van der Waals surface area contributed by atoms with Crippen molar-refractivity contribution in [2.45, 2.75) is 18.6 Å². The van der Waals surface area contributed by atoms with Gasteiger partial charge in [-0.2, -0.15) is 13.2 Å². The van der Waals surface area contributed by atoms with E-state index in [1.807, 2.05) is 0 Å². The first-order chi connectivity index (χ1) is 6.50. The molecule has 1 nitrogen and oxygen atoms in total. The Kier molecular flexibility index (Phi) is 2.31. The van der Waals surface area contributed by atoms with E-state index < -0.39 is 12.2 Å². The van der Waals surface area contributed by atoms with Gasteiger partial charge in [0, 0.05) is 11.4 Å². The number of hydrogen-bond donors (Lipinski definition) is 0. The number of alkyl halides is 3. The number of hydrogen-bond acceptors (Lipinski definition) is 2. The summed E-state index contributed by atoms with van der Waals surface area (Å²) in [6, 6.07) is 0.186. The minimum absolute atomic E-state index is 0.441. The molecule has 0 aliphatic carbocycles. The quantitative estimate of drug-likeness (QED) is 0.651. The van der Waals surface area contributed by atoms with Gasteiger partial charge in [-0.15, -0.1) is 11.3 Å². The van der Waals surface area contributed by atoms with Crippen LogP contribution < -0.4 is 0 Å². The number of likely N-dealkylation sites (N-methyl/N-ethyl adjacent to an activating group) is 1. The van der Waals surface area contributed by atoms with Crippen LogP contribution >= 0.6 is 11.3 Å². The van der Waals surface area contributed by atoms with Crippen LogP contribution in [0.25, 0.3) is 0 Å². The molecule has 1 aliphatic heterocycles. The van der Waals surface area contributed by atoms with Crippen molar-refractivity contribution in [3.63, 3.8) is 0 Å². The molecule has 1 unspecified atom stereocenters. The van der Waals surface area contributed by atoms with Crippen LogP contribution in [0.4, 0.5) is 13.2 Å². The van der Waals surface area contributed by atoms with Crippen LogP contribution in [0, 0.1) is 0 Å². The smallest absolute Gasteiger partial charge is 0.291 e. The molecular weight excluding hydrogens is 211 g/mol. The van der Waals surface area contributed by atoms with E-state index in [4.69, 9.17) is 0 Å². The molecule has 1 aromatic rings. The molecule has 0 spiro atoms. The second-order valence-electron chi connectivity index (χ2n) is 3.47. The Morgan fingerprint density at radius 1 is 1.50 bits per heavy atom. The number of halogens is 3. The van der Waals surface area contributed by atoms with Crippen molar-refractivity contribution in [1.29, 1.82) is 0 Å². The maximum absolute atomic E-state index is 12.7. The van der Waals surface area contributed by atoms with Gasteiger partial charge in [0.25, 0.3) is 0 Å². The van der Waals surface area contributed by atoms with Crippen LogP contribution in [-0.2, 0) is 6.42 Å². The summed E-state index contributed by atoms with van der Waals surface area (Å²) in [5, 5.41) is 1.74. The maximum Gasteiger partial charge on any atom is 0.408 e. The number of nitrogens with zero attached hydrogens (tertiary/aromatic N) is 1. The Hall–Kier alpha value is -0.550. The molecule has 5 heteroatoms. The average Bonchev–Trinajstić information content (AvgIpc) is 2.48. The Labute approximate surface area is 84.1 Å². The zero-order valence-electron chi connectivity index (χ0n) is 7.64. The second kappa shape index (κ2) is 3.24. The van der Waals surface area contributed by atoms with Crippen molar-refractivity contribution in [2.75, 3.05) is 13.6 Å². The van der Waals surface area contributed by atoms with E-state index in [0.717, 1.165) is 11.3 Å². The van der Waals surface area contributed by atoms with Gasteiger partial charge in [-0.25, -0.2) is 0 Å². The van der Waals surface area contributed by atoms with E-state index in [-0.39, 0.29) is 0 Å². The highest BCUT2D eigenvalue weighted by Crippen LogP contribution is 2.42. The third-order valence-corrected chi connectivity index (χ3v) is 3.51. The predicted octanol–water partition coefficient (Wildman–Crippen LogP) is 2.84.